The molecule has 0 fully saturated rings. The minimum atomic E-state index is -0.398. The van der Waals surface area contributed by atoms with Crippen molar-refractivity contribution >= 4 is 44.9 Å². The molecule has 182 valence electrons. The molecule has 0 saturated carbocycles. The molecule has 4 heterocycles. The first-order valence-electron chi connectivity index (χ1n) is 13.1. The standard InChI is InChI=1S/C32H27N3O2/c1-32(2)26-17-22(18-33)23-8-3-4-9-24(23)28(26)34-27(32)12-11-20-16-21-15-19-7-5-13-35-14-6-10-25(29(19)35)30(21)37-31(20)36/h3-4,8-9,11-12,15-17H,5-7,10,13-14H2,1-2H3. The molecule has 3 aromatic carbocycles. The maximum absolute atomic E-state index is 13.1. The van der Waals surface area contributed by atoms with Gasteiger partial charge in [-0.3, -0.25) is 4.99 Å². The van der Waals surface area contributed by atoms with E-state index >= 15 is 0 Å². The first-order chi connectivity index (χ1) is 18.0. The van der Waals surface area contributed by atoms with Crippen LogP contribution in [0.1, 0.15) is 54.5 Å². The lowest BCUT2D eigenvalue weighted by Crippen LogP contribution is -2.34. The van der Waals surface area contributed by atoms with Crippen molar-refractivity contribution in [3.63, 3.8) is 0 Å². The van der Waals surface area contributed by atoms with Gasteiger partial charge in [-0.05, 0) is 67.2 Å². The summed E-state index contributed by atoms with van der Waals surface area (Å²) in [5.41, 5.74) is 7.88. The molecular formula is C32H27N3O2. The van der Waals surface area contributed by atoms with E-state index < -0.39 is 5.41 Å². The molecule has 0 saturated heterocycles. The number of benzene rings is 3. The maximum Gasteiger partial charge on any atom is 0.343 e. The molecule has 0 radical (unpaired) electrons. The summed E-state index contributed by atoms with van der Waals surface area (Å²) in [5.74, 6) is 0. The van der Waals surface area contributed by atoms with Crippen LogP contribution in [0.25, 0.3) is 27.8 Å². The molecule has 3 aliphatic heterocycles. The van der Waals surface area contributed by atoms with E-state index in [2.05, 4.69) is 30.9 Å². The number of fused-ring (bicyclic) bond motifs is 5. The zero-order chi connectivity index (χ0) is 25.3. The van der Waals surface area contributed by atoms with Crippen molar-refractivity contribution in [3.8, 4) is 6.07 Å². The molecule has 0 N–H and O–H groups in total. The fraction of sp³-hybridized carbons (Fsp3) is 0.281. The molecule has 0 unspecified atom stereocenters. The van der Waals surface area contributed by atoms with Crippen LogP contribution in [0.2, 0.25) is 0 Å². The molecule has 0 aliphatic carbocycles. The van der Waals surface area contributed by atoms with Gasteiger partial charge >= 0.3 is 5.63 Å². The molecular weight excluding hydrogens is 458 g/mol. The average Bonchev–Trinajstić information content (AvgIpc) is 3.17. The van der Waals surface area contributed by atoms with Gasteiger partial charge in [0.05, 0.1) is 28.6 Å². The van der Waals surface area contributed by atoms with Crippen molar-refractivity contribution < 1.29 is 4.42 Å². The summed E-state index contributed by atoms with van der Waals surface area (Å²) in [7, 11) is 0. The fourth-order valence-corrected chi connectivity index (χ4v) is 6.44. The van der Waals surface area contributed by atoms with Crippen molar-refractivity contribution in [1.29, 1.82) is 5.26 Å². The van der Waals surface area contributed by atoms with Gasteiger partial charge in [0.2, 0.25) is 0 Å². The monoisotopic (exact) mass is 485 g/mol. The molecule has 0 bridgehead atoms. The van der Waals surface area contributed by atoms with Crippen LogP contribution in [0.15, 0.2) is 62.7 Å². The average molecular weight is 486 g/mol. The SMILES string of the molecule is CC1(C)C(C=Cc2cc3cc4c5c(c3oc2=O)CCCN5CCC4)=Nc2c1cc(C#N)c1ccccc21. The van der Waals surface area contributed by atoms with E-state index in [0.717, 1.165) is 71.1 Å². The van der Waals surface area contributed by atoms with Crippen molar-refractivity contribution in [3.05, 3.63) is 86.8 Å². The maximum atomic E-state index is 13.1. The Kier molecular flexibility index (Phi) is 4.72. The van der Waals surface area contributed by atoms with Crippen molar-refractivity contribution in [2.24, 2.45) is 4.99 Å². The fourth-order valence-electron chi connectivity index (χ4n) is 6.44. The molecule has 3 aliphatic rings. The first kappa shape index (κ1) is 22.1. The topological polar surface area (TPSA) is 69.6 Å². The third-order valence-corrected chi connectivity index (χ3v) is 8.35. The number of nitrogens with zero attached hydrogens (tertiary/aromatic N) is 3. The molecule has 4 aromatic rings. The minimum Gasteiger partial charge on any atom is -0.422 e. The quantitative estimate of drug-likeness (QED) is 0.300. The summed E-state index contributed by atoms with van der Waals surface area (Å²) >= 11 is 0. The van der Waals surface area contributed by atoms with Gasteiger partial charge in [0, 0.05) is 45.9 Å². The Labute approximate surface area is 215 Å². The summed E-state index contributed by atoms with van der Waals surface area (Å²) < 4.78 is 5.97. The predicted molar refractivity (Wildman–Crippen MR) is 149 cm³/mol. The number of nitriles is 1. The van der Waals surface area contributed by atoms with Gasteiger partial charge in [0.1, 0.15) is 5.58 Å². The molecule has 37 heavy (non-hydrogen) atoms. The summed E-state index contributed by atoms with van der Waals surface area (Å²) in [6, 6.07) is 16.4. The Morgan fingerprint density at radius 3 is 2.65 bits per heavy atom. The van der Waals surface area contributed by atoms with Crippen LogP contribution in [-0.4, -0.2) is 18.8 Å². The number of aliphatic imine (C=N–C) groups is 1. The van der Waals surface area contributed by atoms with Crippen molar-refractivity contribution in [2.45, 2.75) is 44.9 Å². The molecule has 7 rings (SSSR count). The molecule has 0 spiro atoms. The lowest BCUT2D eigenvalue weighted by molar-refractivity contribution is 0.548. The Balaban J connectivity index is 1.33. The van der Waals surface area contributed by atoms with E-state index in [1.807, 2.05) is 48.6 Å². The smallest absolute Gasteiger partial charge is 0.343 e. The molecule has 1 aromatic heterocycles. The molecule has 5 nitrogen and oxygen atoms in total. The van der Waals surface area contributed by atoms with E-state index in [1.165, 1.54) is 23.2 Å². The van der Waals surface area contributed by atoms with Crippen LogP contribution in [-0.2, 0) is 18.3 Å². The molecule has 5 heteroatoms. The van der Waals surface area contributed by atoms with E-state index in [9.17, 15) is 10.1 Å². The third-order valence-electron chi connectivity index (χ3n) is 8.35. The number of hydrogen-bond acceptors (Lipinski definition) is 5. The van der Waals surface area contributed by atoms with E-state index in [0.29, 0.717) is 11.1 Å². The Hall–Kier alpha value is -4.17. The third kappa shape index (κ3) is 3.22. The Morgan fingerprint density at radius 1 is 1.05 bits per heavy atom. The Morgan fingerprint density at radius 2 is 1.84 bits per heavy atom. The van der Waals surface area contributed by atoms with Crippen molar-refractivity contribution in [2.75, 3.05) is 18.0 Å². The second-order valence-corrected chi connectivity index (χ2v) is 10.9. The van der Waals surface area contributed by atoms with Gasteiger partial charge in [-0.2, -0.15) is 5.26 Å². The largest absolute Gasteiger partial charge is 0.422 e. The van der Waals surface area contributed by atoms with Crippen LogP contribution >= 0.6 is 0 Å². The highest BCUT2D eigenvalue weighted by Crippen LogP contribution is 2.46. The van der Waals surface area contributed by atoms with E-state index in [1.54, 1.807) is 0 Å². The highest BCUT2D eigenvalue weighted by molar-refractivity contribution is 6.14. The lowest BCUT2D eigenvalue weighted by atomic mass is 9.79. The van der Waals surface area contributed by atoms with Gasteiger partial charge in [-0.1, -0.05) is 38.1 Å². The van der Waals surface area contributed by atoms with Gasteiger partial charge in [-0.15, -0.1) is 0 Å². The highest BCUT2D eigenvalue weighted by atomic mass is 16.4. The number of rotatable bonds is 2. The number of allylic oxidation sites excluding steroid dienone is 1. The summed E-state index contributed by atoms with van der Waals surface area (Å²) in [4.78, 5) is 20.6. The zero-order valence-corrected chi connectivity index (χ0v) is 21.1. The second kappa shape index (κ2) is 7.91. The van der Waals surface area contributed by atoms with Crippen LogP contribution < -0.4 is 10.5 Å². The Bertz CT molecular complexity index is 1800. The van der Waals surface area contributed by atoms with Gasteiger partial charge in [0.15, 0.2) is 0 Å². The minimum absolute atomic E-state index is 0.320. The summed E-state index contributed by atoms with van der Waals surface area (Å²) in [5, 5.41) is 12.6. The summed E-state index contributed by atoms with van der Waals surface area (Å²) in [6.07, 6.45) is 8.05. The molecule has 0 atom stereocenters. The number of aryl methyl sites for hydroxylation is 2. The van der Waals surface area contributed by atoms with Crippen LogP contribution in [0.5, 0.6) is 0 Å². The zero-order valence-electron chi connectivity index (χ0n) is 21.1. The van der Waals surface area contributed by atoms with Gasteiger partial charge < -0.3 is 9.32 Å². The first-order valence-corrected chi connectivity index (χ1v) is 13.1. The predicted octanol–water partition coefficient (Wildman–Crippen LogP) is 6.59. The highest BCUT2D eigenvalue weighted by Gasteiger charge is 2.35. The second-order valence-electron chi connectivity index (χ2n) is 10.9. The van der Waals surface area contributed by atoms with Crippen molar-refractivity contribution in [1.82, 2.24) is 0 Å². The van der Waals surface area contributed by atoms with Crippen LogP contribution in [0.4, 0.5) is 11.4 Å². The molecule has 0 amide bonds. The number of hydrogen-bond donors (Lipinski definition) is 0. The lowest BCUT2D eigenvalue weighted by Gasteiger charge is -2.37. The van der Waals surface area contributed by atoms with Crippen LogP contribution in [0.3, 0.4) is 0 Å². The number of anilines is 1. The van der Waals surface area contributed by atoms with Gasteiger partial charge in [0.25, 0.3) is 0 Å². The van der Waals surface area contributed by atoms with E-state index in [-0.39, 0.29) is 5.63 Å². The van der Waals surface area contributed by atoms with Gasteiger partial charge in [-0.25, -0.2) is 4.79 Å². The van der Waals surface area contributed by atoms with E-state index in [4.69, 9.17) is 9.41 Å². The summed E-state index contributed by atoms with van der Waals surface area (Å²) in [6.45, 7) is 6.40. The normalized spacial score (nSPS) is 17.6. The van der Waals surface area contributed by atoms with Crippen LogP contribution in [0, 0.1) is 11.3 Å².